The zero-order valence-corrected chi connectivity index (χ0v) is 44.1. The highest BCUT2D eigenvalue weighted by molar-refractivity contribution is 6.36. The predicted octanol–water partition coefficient (Wildman–Crippen LogP) is 18.8. The minimum atomic E-state index is -0.322. The zero-order chi connectivity index (χ0) is 47.9. The standard InChI is InChI=1S/C62H78ClFN2/c1-55(2)25-29-59(9,10)48-35-40(17-21-44(48)55)65(41-18-22-45-49(36-41)60(11,12)30-26-56(45,3)4)52-33-39(64)34-53(54(52)63)66(42-19-23-46-50(37-42)61(13,14)31-27-57(46,5)6)43-20-24-47-51(38-43)62(15,16)32-28-58(47,7)8/h17-24,33-38H,25-32H2,1-16H3. The molecule has 0 atom stereocenters. The maximum Gasteiger partial charge on any atom is 0.127 e. The fourth-order valence-electron chi connectivity index (χ4n) is 12.6. The normalized spacial score (nSPS) is 22.0. The Bertz CT molecular complexity index is 2420. The van der Waals surface area contributed by atoms with E-state index in [0.29, 0.717) is 16.4 Å². The van der Waals surface area contributed by atoms with Crippen molar-refractivity contribution in [3.8, 4) is 0 Å². The molecule has 0 unspecified atom stereocenters. The Morgan fingerprint density at radius 2 is 0.515 bits per heavy atom. The van der Waals surface area contributed by atoms with Gasteiger partial charge in [0.2, 0.25) is 0 Å². The second kappa shape index (κ2) is 15.2. The lowest BCUT2D eigenvalue weighted by Crippen LogP contribution is -2.34. The van der Waals surface area contributed by atoms with E-state index in [1.807, 2.05) is 0 Å². The molecule has 0 heterocycles. The number of halogens is 2. The van der Waals surface area contributed by atoms with Gasteiger partial charge < -0.3 is 9.80 Å². The zero-order valence-electron chi connectivity index (χ0n) is 43.4. The lowest BCUT2D eigenvalue weighted by atomic mass is 9.63. The summed E-state index contributed by atoms with van der Waals surface area (Å²) < 4.78 is 17.3. The first-order valence-corrected chi connectivity index (χ1v) is 25.5. The molecule has 0 aliphatic heterocycles. The third-order valence-electron chi connectivity index (χ3n) is 17.9. The first kappa shape index (κ1) is 47.0. The summed E-state index contributed by atoms with van der Waals surface area (Å²) in [6.07, 6.45) is 8.93. The third-order valence-corrected chi connectivity index (χ3v) is 18.2. The molecule has 2 nitrogen and oxygen atoms in total. The van der Waals surface area contributed by atoms with Crippen molar-refractivity contribution >= 4 is 45.7 Å². The summed E-state index contributed by atoms with van der Waals surface area (Å²) in [5, 5.41) is 0.514. The SMILES string of the molecule is CC1(C)CCC(C)(C)c2cc(N(c3ccc4c(c3)C(C)(C)CCC4(C)C)c3cc(F)cc(N(c4ccc5c(c4)C(C)(C)CCC5(C)C)c4ccc5c(c4)C(C)(C)CCC5(C)C)c3Cl)ccc21. The van der Waals surface area contributed by atoms with Gasteiger partial charge in [-0.15, -0.1) is 0 Å². The van der Waals surface area contributed by atoms with Crippen molar-refractivity contribution in [3.05, 3.63) is 140 Å². The molecule has 0 N–H and O–H groups in total. The monoisotopic (exact) mass is 905 g/mol. The van der Waals surface area contributed by atoms with Gasteiger partial charge in [-0.1, -0.05) is 147 Å². The average molecular weight is 906 g/mol. The first-order valence-electron chi connectivity index (χ1n) is 25.2. The molecule has 0 bridgehead atoms. The second-order valence-electron chi connectivity index (χ2n) is 26.4. The molecule has 4 aliphatic rings. The van der Waals surface area contributed by atoms with E-state index >= 15 is 4.39 Å². The third kappa shape index (κ3) is 7.74. The van der Waals surface area contributed by atoms with Crippen LogP contribution >= 0.6 is 11.6 Å². The van der Waals surface area contributed by atoms with E-state index < -0.39 is 0 Å². The van der Waals surface area contributed by atoms with Crippen LogP contribution in [-0.2, 0) is 43.3 Å². The van der Waals surface area contributed by atoms with Gasteiger partial charge in [-0.2, -0.15) is 0 Å². The van der Waals surface area contributed by atoms with Gasteiger partial charge in [0.05, 0.1) is 16.4 Å². The maximum absolute atomic E-state index is 17.3. The Hall–Kier alpha value is -4.08. The van der Waals surface area contributed by atoms with E-state index in [1.165, 1.54) is 44.5 Å². The summed E-state index contributed by atoms with van der Waals surface area (Å²) in [5.74, 6) is -0.322. The highest BCUT2D eigenvalue weighted by atomic mass is 35.5. The van der Waals surface area contributed by atoms with Gasteiger partial charge in [-0.3, -0.25) is 0 Å². The molecule has 0 aromatic heterocycles. The van der Waals surface area contributed by atoms with Crippen molar-refractivity contribution in [2.45, 2.75) is 205 Å². The van der Waals surface area contributed by atoms with Crippen LogP contribution in [0.5, 0.6) is 0 Å². The average Bonchev–Trinajstić information content (AvgIpc) is 3.24. The Morgan fingerprint density at radius 3 is 0.727 bits per heavy atom. The van der Waals surface area contributed by atoms with Crippen LogP contribution in [0, 0.1) is 5.82 Å². The van der Waals surface area contributed by atoms with Crippen LogP contribution in [0.15, 0.2) is 84.9 Å². The van der Waals surface area contributed by atoms with Crippen molar-refractivity contribution in [1.82, 2.24) is 0 Å². The van der Waals surface area contributed by atoms with Crippen molar-refractivity contribution in [3.63, 3.8) is 0 Å². The van der Waals surface area contributed by atoms with Gasteiger partial charge in [-0.25, -0.2) is 4.39 Å². The molecule has 0 saturated carbocycles. The van der Waals surface area contributed by atoms with Crippen LogP contribution in [0.1, 0.15) is 207 Å². The number of hydrogen-bond acceptors (Lipinski definition) is 2. The molecule has 0 saturated heterocycles. The number of anilines is 6. The Kier molecular flexibility index (Phi) is 10.8. The molecule has 0 amide bonds. The fourth-order valence-corrected chi connectivity index (χ4v) is 12.9. The molecule has 5 aromatic rings. The summed E-state index contributed by atoms with van der Waals surface area (Å²) >= 11 is 8.10. The fraction of sp³-hybridized carbons (Fsp3) is 0.516. The van der Waals surface area contributed by atoms with Crippen LogP contribution in [-0.4, -0.2) is 0 Å². The summed E-state index contributed by atoms with van der Waals surface area (Å²) in [7, 11) is 0. The van der Waals surface area contributed by atoms with E-state index in [1.54, 1.807) is 12.1 Å². The number of rotatable bonds is 6. The second-order valence-corrected chi connectivity index (χ2v) is 26.8. The molecular weight excluding hydrogens is 827 g/mol. The van der Waals surface area contributed by atoms with E-state index in [-0.39, 0.29) is 49.1 Å². The molecule has 0 radical (unpaired) electrons. The molecule has 0 spiro atoms. The van der Waals surface area contributed by atoms with Gasteiger partial charge in [0.15, 0.2) is 0 Å². The van der Waals surface area contributed by atoms with Crippen molar-refractivity contribution < 1.29 is 4.39 Å². The van der Waals surface area contributed by atoms with Crippen LogP contribution in [0.4, 0.5) is 38.5 Å². The van der Waals surface area contributed by atoms with Crippen molar-refractivity contribution in [2.24, 2.45) is 0 Å². The molecule has 4 heteroatoms. The molecule has 5 aromatic carbocycles. The minimum absolute atomic E-state index is 0.0221. The molecule has 0 fully saturated rings. The number of benzene rings is 5. The Labute approximate surface area is 403 Å². The van der Waals surface area contributed by atoms with Crippen molar-refractivity contribution in [2.75, 3.05) is 9.80 Å². The largest absolute Gasteiger partial charge is 0.309 e. The minimum Gasteiger partial charge on any atom is -0.309 e. The Morgan fingerprint density at radius 1 is 0.318 bits per heavy atom. The van der Waals surface area contributed by atoms with E-state index in [9.17, 15) is 0 Å². The lowest BCUT2D eigenvalue weighted by molar-refractivity contribution is 0.332. The summed E-state index contributed by atoms with van der Waals surface area (Å²) in [5.41, 5.74) is 16.4. The van der Waals surface area contributed by atoms with Crippen molar-refractivity contribution in [1.29, 1.82) is 0 Å². The maximum atomic E-state index is 17.3. The molecular formula is C62H78ClFN2. The van der Waals surface area contributed by atoms with Crippen LogP contribution in [0.2, 0.25) is 5.02 Å². The van der Waals surface area contributed by atoms with Crippen LogP contribution in [0.25, 0.3) is 0 Å². The Balaban J connectivity index is 1.33. The molecule has 350 valence electrons. The summed E-state index contributed by atoms with van der Waals surface area (Å²) in [4.78, 5) is 4.53. The van der Waals surface area contributed by atoms with Gasteiger partial charge in [0.25, 0.3) is 0 Å². The lowest BCUT2D eigenvalue weighted by Gasteiger charge is -2.44. The predicted molar refractivity (Wildman–Crippen MR) is 282 cm³/mol. The molecule has 66 heavy (non-hydrogen) atoms. The van der Waals surface area contributed by atoms with Gasteiger partial charge in [0, 0.05) is 22.7 Å². The van der Waals surface area contributed by atoms with Crippen LogP contribution < -0.4 is 9.80 Å². The number of nitrogens with zero attached hydrogens (tertiary/aromatic N) is 2. The van der Waals surface area contributed by atoms with Gasteiger partial charge >= 0.3 is 0 Å². The van der Waals surface area contributed by atoms with E-state index in [0.717, 1.165) is 74.1 Å². The molecule has 4 aliphatic carbocycles. The highest BCUT2D eigenvalue weighted by Crippen LogP contribution is 2.55. The highest BCUT2D eigenvalue weighted by Gasteiger charge is 2.42. The smallest absolute Gasteiger partial charge is 0.127 e. The number of hydrogen-bond donors (Lipinski definition) is 0. The topological polar surface area (TPSA) is 6.48 Å². The summed E-state index contributed by atoms with van der Waals surface area (Å²) in [6, 6.07) is 31.3. The summed E-state index contributed by atoms with van der Waals surface area (Å²) in [6.45, 7) is 38.1. The van der Waals surface area contributed by atoms with E-state index in [4.69, 9.17) is 11.6 Å². The molecule has 9 rings (SSSR count). The van der Waals surface area contributed by atoms with E-state index in [2.05, 4.69) is 193 Å². The number of fused-ring (bicyclic) bond motifs is 4. The first-order chi connectivity index (χ1) is 30.5. The van der Waals surface area contributed by atoms with Gasteiger partial charge in [-0.05, 0) is 200 Å². The quantitative estimate of drug-likeness (QED) is 0.168. The van der Waals surface area contributed by atoms with Gasteiger partial charge in [0.1, 0.15) is 5.82 Å². The van der Waals surface area contributed by atoms with Crippen LogP contribution in [0.3, 0.4) is 0 Å².